The van der Waals surface area contributed by atoms with E-state index in [0.717, 1.165) is 41.4 Å². The molecular formula is C20H38. The van der Waals surface area contributed by atoms with Gasteiger partial charge in [-0.2, -0.15) is 0 Å². The molecule has 0 radical (unpaired) electrons. The third-order valence-electron chi connectivity index (χ3n) is 6.76. The van der Waals surface area contributed by atoms with Gasteiger partial charge in [-0.25, -0.2) is 0 Å². The SMILES string of the molecule is CC(C)CC(C)CC(C)CCC1C2CC(C)(C(C)C)C12. The Bertz CT molecular complexity index is 316. The Balaban J connectivity index is 1.65. The van der Waals surface area contributed by atoms with Crippen molar-refractivity contribution in [2.45, 2.75) is 80.6 Å². The molecule has 2 saturated carbocycles. The Morgan fingerprint density at radius 3 is 2.10 bits per heavy atom. The third kappa shape index (κ3) is 3.25. The van der Waals surface area contributed by atoms with Crippen molar-refractivity contribution < 1.29 is 0 Å². The summed E-state index contributed by atoms with van der Waals surface area (Å²) in [7, 11) is 0. The molecule has 0 amide bonds. The third-order valence-corrected chi connectivity index (χ3v) is 6.76. The fourth-order valence-corrected chi connectivity index (χ4v) is 5.38. The minimum absolute atomic E-state index is 0.698. The Hall–Kier alpha value is 0. The van der Waals surface area contributed by atoms with E-state index in [9.17, 15) is 0 Å². The Labute approximate surface area is 128 Å². The molecule has 6 unspecified atom stereocenters. The monoisotopic (exact) mass is 278 g/mol. The standard InChI is InChI=1S/C20H38/c1-13(2)10-16(6)11-15(5)8-9-17-18-12-20(7,14(3)4)19(17)18/h13-19H,8-12H2,1-7H3. The number of fused-ring (bicyclic) bond motifs is 1. The van der Waals surface area contributed by atoms with E-state index in [4.69, 9.17) is 0 Å². The van der Waals surface area contributed by atoms with Crippen molar-refractivity contribution in [2.24, 2.45) is 46.8 Å². The molecule has 2 aliphatic rings. The lowest BCUT2D eigenvalue weighted by Gasteiger charge is -2.41. The maximum atomic E-state index is 2.55. The van der Waals surface area contributed by atoms with Crippen LogP contribution in [0.15, 0.2) is 0 Å². The second kappa shape index (κ2) is 6.01. The lowest BCUT2D eigenvalue weighted by Crippen LogP contribution is -2.34. The van der Waals surface area contributed by atoms with E-state index in [2.05, 4.69) is 48.5 Å². The summed E-state index contributed by atoms with van der Waals surface area (Å²) in [5, 5.41) is 0. The molecule has 0 aromatic carbocycles. The topological polar surface area (TPSA) is 0 Å². The van der Waals surface area contributed by atoms with Gasteiger partial charge in [0.05, 0.1) is 0 Å². The first-order valence-corrected chi connectivity index (χ1v) is 9.25. The summed E-state index contributed by atoms with van der Waals surface area (Å²) >= 11 is 0. The van der Waals surface area contributed by atoms with Gasteiger partial charge in [-0.15, -0.1) is 0 Å². The largest absolute Gasteiger partial charge is 0.0628 e. The number of rotatable bonds is 8. The van der Waals surface area contributed by atoms with E-state index >= 15 is 0 Å². The smallest absolute Gasteiger partial charge is 0.0266 e. The van der Waals surface area contributed by atoms with Crippen molar-refractivity contribution in [1.29, 1.82) is 0 Å². The van der Waals surface area contributed by atoms with Gasteiger partial charge in [-0.3, -0.25) is 0 Å². The highest BCUT2D eigenvalue weighted by Crippen LogP contribution is 2.74. The minimum atomic E-state index is 0.698. The van der Waals surface area contributed by atoms with Crippen LogP contribution in [0.3, 0.4) is 0 Å². The predicted molar refractivity (Wildman–Crippen MR) is 89.7 cm³/mol. The van der Waals surface area contributed by atoms with Gasteiger partial charge in [0.2, 0.25) is 0 Å². The maximum absolute atomic E-state index is 2.55. The molecule has 2 aliphatic carbocycles. The summed E-state index contributed by atoms with van der Waals surface area (Å²) in [5.74, 6) is 6.94. The molecule has 0 saturated heterocycles. The average Bonchev–Trinajstić information content (AvgIpc) is 2.90. The fourth-order valence-electron chi connectivity index (χ4n) is 5.38. The second-order valence-corrected chi connectivity index (χ2v) is 9.37. The lowest BCUT2D eigenvalue weighted by atomic mass is 9.63. The van der Waals surface area contributed by atoms with Gasteiger partial charge < -0.3 is 0 Å². The first-order chi connectivity index (χ1) is 9.25. The Morgan fingerprint density at radius 2 is 1.60 bits per heavy atom. The van der Waals surface area contributed by atoms with Crippen LogP contribution in [0.2, 0.25) is 0 Å². The molecule has 20 heavy (non-hydrogen) atoms. The van der Waals surface area contributed by atoms with E-state index in [1.807, 2.05) is 0 Å². The van der Waals surface area contributed by atoms with Crippen molar-refractivity contribution >= 4 is 0 Å². The van der Waals surface area contributed by atoms with Crippen LogP contribution >= 0.6 is 0 Å². The fraction of sp³-hybridized carbons (Fsp3) is 1.00. The van der Waals surface area contributed by atoms with Crippen molar-refractivity contribution in [3.8, 4) is 0 Å². The van der Waals surface area contributed by atoms with E-state index in [1.165, 1.54) is 32.1 Å². The van der Waals surface area contributed by atoms with Crippen LogP contribution in [0, 0.1) is 46.8 Å². The van der Waals surface area contributed by atoms with Gasteiger partial charge in [0, 0.05) is 0 Å². The van der Waals surface area contributed by atoms with E-state index in [0.29, 0.717) is 5.41 Å². The minimum Gasteiger partial charge on any atom is -0.0628 e. The quantitative estimate of drug-likeness (QED) is 0.481. The zero-order chi connectivity index (χ0) is 15.1. The van der Waals surface area contributed by atoms with Gasteiger partial charge in [0.15, 0.2) is 0 Å². The molecule has 0 aromatic heterocycles. The van der Waals surface area contributed by atoms with E-state index in [-0.39, 0.29) is 0 Å². The second-order valence-electron chi connectivity index (χ2n) is 9.37. The summed E-state index contributed by atoms with van der Waals surface area (Å²) < 4.78 is 0. The van der Waals surface area contributed by atoms with Crippen molar-refractivity contribution in [2.75, 3.05) is 0 Å². The predicted octanol–water partition coefficient (Wildman–Crippen LogP) is 6.40. The molecule has 0 spiro atoms. The Kier molecular flexibility index (Phi) is 4.92. The summed E-state index contributed by atoms with van der Waals surface area (Å²) in [6.45, 7) is 17.1. The summed E-state index contributed by atoms with van der Waals surface area (Å²) in [6.07, 6.45) is 7.38. The van der Waals surface area contributed by atoms with Gasteiger partial charge in [-0.05, 0) is 72.5 Å². The first kappa shape index (κ1) is 16.4. The van der Waals surface area contributed by atoms with Crippen LogP contribution in [0.5, 0.6) is 0 Å². The van der Waals surface area contributed by atoms with Gasteiger partial charge >= 0.3 is 0 Å². The molecule has 0 aliphatic heterocycles. The normalized spacial score (nSPS) is 38.5. The highest BCUT2D eigenvalue weighted by molar-refractivity contribution is 5.16. The van der Waals surface area contributed by atoms with Crippen molar-refractivity contribution in [3.05, 3.63) is 0 Å². The highest BCUT2D eigenvalue weighted by Gasteiger charge is 2.68. The highest BCUT2D eigenvalue weighted by atomic mass is 14.7. The molecule has 2 rings (SSSR count). The zero-order valence-electron chi connectivity index (χ0n) is 15.1. The van der Waals surface area contributed by atoms with Crippen LogP contribution in [0.1, 0.15) is 80.6 Å². The molecular weight excluding hydrogens is 240 g/mol. The Morgan fingerprint density at radius 1 is 0.950 bits per heavy atom. The van der Waals surface area contributed by atoms with E-state index in [1.54, 1.807) is 0 Å². The summed E-state index contributed by atoms with van der Waals surface area (Å²) in [6, 6.07) is 0. The van der Waals surface area contributed by atoms with Crippen LogP contribution in [0.25, 0.3) is 0 Å². The van der Waals surface area contributed by atoms with Crippen molar-refractivity contribution in [1.82, 2.24) is 0 Å². The zero-order valence-corrected chi connectivity index (χ0v) is 15.1. The molecule has 6 atom stereocenters. The van der Waals surface area contributed by atoms with Gasteiger partial charge in [0.1, 0.15) is 0 Å². The first-order valence-electron chi connectivity index (χ1n) is 9.25. The molecule has 0 bridgehead atoms. The molecule has 118 valence electrons. The average molecular weight is 279 g/mol. The number of hydrogen-bond acceptors (Lipinski definition) is 0. The van der Waals surface area contributed by atoms with Crippen LogP contribution in [-0.2, 0) is 0 Å². The van der Waals surface area contributed by atoms with Gasteiger partial charge in [-0.1, -0.05) is 54.9 Å². The van der Waals surface area contributed by atoms with Crippen molar-refractivity contribution in [3.63, 3.8) is 0 Å². The van der Waals surface area contributed by atoms with Crippen LogP contribution in [0.4, 0.5) is 0 Å². The summed E-state index contributed by atoms with van der Waals surface area (Å²) in [4.78, 5) is 0. The molecule has 0 nitrogen and oxygen atoms in total. The molecule has 0 N–H and O–H groups in total. The molecule has 0 heterocycles. The molecule has 2 fully saturated rings. The summed E-state index contributed by atoms with van der Waals surface area (Å²) in [5.41, 5.74) is 0.698. The van der Waals surface area contributed by atoms with Crippen LogP contribution < -0.4 is 0 Å². The molecule has 0 heteroatoms. The van der Waals surface area contributed by atoms with E-state index < -0.39 is 0 Å². The van der Waals surface area contributed by atoms with Gasteiger partial charge in [0.25, 0.3) is 0 Å². The maximum Gasteiger partial charge on any atom is -0.0266 e. The van der Waals surface area contributed by atoms with Crippen LogP contribution in [-0.4, -0.2) is 0 Å². The lowest BCUT2D eigenvalue weighted by molar-refractivity contribution is 0.0727. The molecule has 0 aromatic rings. The number of hydrogen-bond donors (Lipinski definition) is 0.